The van der Waals surface area contributed by atoms with E-state index in [-0.39, 0.29) is 11.3 Å². The van der Waals surface area contributed by atoms with Crippen molar-refractivity contribution in [3.63, 3.8) is 0 Å². The average molecular weight is 407 g/mol. The van der Waals surface area contributed by atoms with Gasteiger partial charge in [-0.3, -0.25) is 14.9 Å². The van der Waals surface area contributed by atoms with E-state index < -0.39 is 22.7 Å². The fourth-order valence-electron chi connectivity index (χ4n) is 1.78. The smallest absolute Gasteiger partial charge is 0.280 e. The van der Waals surface area contributed by atoms with Gasteiger partial charge < -0.3 is 9.84 Å². The van der Waals surface area contributed by atoms with Crippen molar-refractivity contribution in [2.45, 2.75) is 13.0 Å². The molecule has 1 N–H and O–H groups in total. The van der Waals surface area contributed by atoms with Gasteiger partial charge in [0, 0.05) is 16.6 Å². The second-order valence-corrected chi connectivity index (χ2v) is 5.84. The van der Waals surface area contributed by atoms with Crippen molar-refractivity contribution >= 4 is 33.7 Å². The first-order chi connectivity index (χ1) is 11.9. The Morgan fingerprint density at radius 3 is 2.64 bits per heavy atom. The molecule has 0 radical (unpaired) electrons. The molecule has 0 fully saturated rings. The highest BCUT2D eigenvalue weighted by atomic mass is 79.9. The Balaban J connectivity index is 1.96. The fourth-order valence-corrected chi connectivity index (χ4v) is 2.04. The Morgan fingerprint density at radius 1 is 1.32 bits per heavy atom. The van der Waals surface area contributed by atoms with Crippen LogP contribution in [0.2, 0.25) is 0 Å². The molecule has 2 rings (SSSR count). The van der Waals surface area contributed by atoms with Gasteiger partial charge in [-0.2, -0.15) is 5.10 Å². The first-order valence-corrected chi connectivity index (χ1v) is 7.86. The molecule has 0 aliphatic heterocycles. The van der Waals surface area contributed by atoms with Gasteiger partial charge in [0.2, 0.25) is 0 Å². The van der Waals surface area contributed by atoms with Gasteiger partial charge in [0.25, 0.3) is 11.6 Å². The standard InChI is InChI=1S/C16H14BrN3O5/c1-10(25-14-5-2-12(17)3-6-14)16(22)19-18-9-11-8-13(20(23)24)4-7-15(11)21/h2-10,21H,1H3,(H,19,22)/p-1/b18-9+/t10-/m1/s1. The lowest BCUT2D eigenvalue weighted by molar-refractivity contribution is -0.385. The maximum absolute atomic E-state index is 11.9. The maximum atomic E-state index is 11.9. The fraction of sp³-hybridized carbons (Fsp3) is 0.125. The number of hydrogen-bond acceptors (Lipinski definition) is 6. The van der Waals surface area contributed by atoms with Crippen molar-refractivity contribution in [1.82, 2.24) is 5.43 Å². The van der Waals surface area contributed by atoms with Crippen LogP contribution < -0.4 is 15.3 Å². The minimum atomic E-state index is -0.824. The predicted molar refractivity (Wildman–Crippen MR) is 92.5 cm³/mol. The molecule has 0 unspecified atom stereocenters. The number of rotatable bonds is 6. The van der Waals surface area contributed by atoms with Crippen LogP contribution >= 0.6 is 15.9 Å². The van der Waals surface area contributed by atoms with E-state index in [1.54, 1.807) is 31.2 Å². The highest BCUT2D eigenvalue weighted by molar-refractivity contribution is 9.10. The van der Waals surface area contributed by atoms with Crippen molar-refractivity contribution in [3.8, 4) is 11.5 Å². The predicted octanol–water partition coefficient (Wildman–Crippen LogP) is 2.35. The molecule has 0 bridgehead atoms. The summed E-state index contributed by atoms with van der Waals surface area (Å²) in [4.78, 5) is 22.0. The SMILES string of the molecule is C[C@@H](Oc1ccc(Br)cc1)C(=O)N/N=C/c1cc([N+](=O)[O-])ccc1[O-]. The number of carbonyl (C=O) groups excluding carboxylic acids is 1. The molecular weight excluding hydrogens is 394 g/mol. The molecule has 9 heteroatoms. The van der Waals surface area contributed by atoms with Gasteiger partial charge >= 0.3 is 0 Å². The Kier molecular flexibility index (Phi) is 6.07. The van der Waals surface area contributed by atoms with Crippen molar-refractivity contribution in [1.29, 1.82) is 0 Å². The third kappa shape index (κ3) is 5.28. The van der Waals surface area contributed by atoms with Crippen molar-refractivity contribution < 1.29 is 19.6 Å². The molecule has 25 heavy (non-hydrogen) atoms. The molecule has 0 saturated heterocycles. The van der Waals surface area contributed by atoms with Gasteiger partial charge in [-0.05, 0) is 36.8 Å². The summed E-state index contributed by atoms with van der Waals surface area (Å²) in [7, 11) is 0. The number of amides is 1. The minimum absolute atomic E-state index is 0.00372. The third-order valence-electron chi connectivity index (χ3n) is 3.08. The van der Waals surface area contributed by atoms with Gasteiger partial charge in [0.1, 0.15) is 5.75 Å². The summed E-state index contributed by atoms with van der Waals surface area (Å²) in [5.74, 6) is -0.463. The lowest BCUT2D eigenvalue weighted by Gasteiger charge is -2.13. The minimum Gasteiger partial charge on any atom is -0.872 e. The molecule has 0 saturated carbocycles. The van der Waals surface area contributed by atoms with E-state index in [1.807, 2.05) is 0 Å². The van der Waals surface area contributed by atoms with Crippen LogP contribution in [0.1, 0.15) is 12.5 Å². The zero-order valence-electron chi connectivity index (χ0n) is 13.0. The molecule has 2 aromatic carbocycles. The van der Waals surface area contributed by atoms with Crippen LogP contribution in [-0.2, 0) is 4.79 Å². The van der Waals surface area contributed by atoms with Crippen molar-refractivity contribution in [2.24, 2.45) is 5.10 Å². The molecule has 0 heterocycles. The molecule has 0 aliphatic rings. The lowest BCUT2D eigenvalue weighted by atomic mass is 10.2. The molecule has 1 amide bonds. The number of nitro groups is 1. The van der Waals surface area contributed by atoms with Crippen LogP contribution in [-0.4, -0.2) is 23.1 Å². The summed E-state index contributed by atoms with van der Waals surface area (Å²) in [6.45, 7) is 1.54. The number of non-ortho nitro benzene ring substituents is 1. The van der Waals surface area contributed by atoms with Gasteiger partial charge in [0.15, 0.2) is 6.10 Å². The highest BCUT2D eigenvalue weighted by Crippen LogP contribution is 2.19. The molecule has 1 atom stereocenters. The van der Waals surface area contributed by atoms with E-state index in [0.717, 1.165) is 28.9 Å². The second-order valence-electron chi connectivity index (χ2n) is 4.93. The topological polar surface area (TPSA) is 117 Å². The number of nitro benzene ring substituents is 1. The zero-order chi connectivity index (χ0) is 18.4. The summed E-state index contributed by atoms with van der Waals surface area (Å²) in [5.41, 5.74) is 1.99. The normalized spacial score (nSPS) is 11.9. The summed E-state index contributed by atoms with van der Waals surface area (Å²) in [6.07, 6.45) is 0.231. The number of halogens is 1. The monoisotopic (exact) mass is 406 g/mol. The molecule has 0 aromatic heterocycles. The van der Waals surface area contributed by atoms with Crippen LogP contribution in [0, 0.1) is 10.1 Å². The van der Waals surface area contributed by atoms with E-state index in [1.165, 1.54) is 0 Å². The molecule has 8 nitrogen and oxygen atoms in total. The molecule has 2 aromatic rings. The van der Waals surface area contributed by atoms with E-state index in [0.29, 0.717) is 5.75 Å². The summed E-state index contributed by atoms with van der Waals surface area (Å²) in [5, 5.41) is 26.0. The number of ether oxygens (including phenoxy) is 1. The van der Waals surface area contributed by atoms with Crippen LogP contribution in [0.4, 0.5) is 5.69 Å². The van der Waals surface area contributed by atoms with E-state index in [4.69, 9.17) is 4.74 Å². The highest BCUT2D eigenvalue weighted by Gasteiger charge is 2.14. The number of benzene rings is 2. The first kappa shape index (κ1) is 18.4. The quantitative estimate of drug-likeness (QED) is 0.448. The lowest BCUT2D eigenvalue weighted by Crippen LogP contribution is -2.33. The van der Waals surface area contributed by atoms with Crippen molar-refractivity contribution in [3.05, 3.63) is 62.6 Å². The first-order valence-electron chi connectivity index (χ1n) is 7.07. The Hall–Kier alpha value is -2.94. The van der Waals surface area contributed by atoms with Crippen LogP contribution in [0.15, 0.2) is 52.0 Å². The Morgan fingerprint density at radius 2 is 2.00 bits per heavy atom. The number of hydrazone groups is 1. The van der Waals surface area contributed by atoms with E-state index in [9.17, 15) is 20.0 Å². The molecule has 0 aliphatic carbocycles. The number of nitrogens with zero attached hydrogens (tertiary/aromatic N) is 2. The zero-order valence-corrected chi connectivity index (χ0v) is 14.6. The summed E-state index contributed by atoms with van der Waals surface area (Å²) >= 11 is 3.30. The molecule has 130 valence electrons. The van der Waals surface area contributed by atoms with Gasteiger partial charge in [-0.15, -0.1) is 0 Å². The van der Waals surface area contributed by atoms with E-state index >= 15 is 0 Å². The third-order valence-corrected chi connectivity index (χ3v) is 3.61. The largest absolute Gasteiger partial charge is 0.872 e. The Labute approximate surface area is 151 Å². The number of nitrogens with one attached hydrogen (secondary N) is 1. The molecule has 0 spiro atoms. The van der Waals surface area contributed by atoms with Gasteiger partial charge in [-0.25, -0.2) is 5.43 Å². The van der Waals surface area contributed by atoms with Gasteiger partial charge in [-0.1, -0.05) is 27.7 Å². The van der Waals surface area contributed by atoms with Crippen LogP contribution in [0.3, 0.4) is 0 Å². The maximum Gasteiger partial charge on any atom is 0.280 e. The van der Waals surface area contributed by atoms with Crippen LogP contribution in [0.25, 0.3) is 0 Å². The molecular formula is C16H13BrN3O5-. The summed E-state index contributed by atoms with van der Waals surface area (Å²) < 4.78 is 6.33. The second kappa shape index (κ2) is 8.25. The van der Waals surface area contributed by atoms with Crippen molar-refractivity contribution in [2.75, 3.05) is 0 Å². The van der Waals surface area contributed by atoms with E-state index in [2.05, 4.69) is 26.5 Å². The average Bonchev–Trinajstić information content (AvgIpc) is 2.58. The van der Waals surface area contributed by atoms with Gasteiger partial charge in [0.05, 0.1) is 11.1 Å². The Bertz CT molecular complexity index is 808. The summed E-state index contributed by atoms with van der Waals surface area (Å²) in [6, 6.07) is 10.2. The van der Waals surface area contributed by atoms with Crippen LogP contribution in [0.5, 0.6) is 11.5 Å². The number of hydrogen-bond donors (Lipinski definition) is 1. The number of carbonyl (C=O) groups is 1.